The number of hydrogen-bond acceptors (Lipinski definition) is 5. The van der Waals surface area contributed by atoms with Gasteiger partial charge in [-0.1, -0.05) is 0 Å². The van der Waals surface area contributed by atoms with Gasteiger partial charge in [0.25, 0.3) is 5.91 Å². The molecule has 0 aliphatic heterocycles. The van der Waals surface area contributed by atoms with E-state index >= 15 is 0 Å². The summed E-state index contributed by atoms with van der Waals surface area (Å²) in [5.41, 5.74) is 5.46. The summed E-state index contributed by atoms with van der Waals surface area (Å²) in [5.74, 6) is -1.24. The number of halogens is 2. The lowest BCUT2D eigenvalue weighted by Crippen LogP contribution is -2.14. The Labute approximate surface area is 103 Å². The maximum Gasteiger partial charge on any atom is 0.281 e. The quantitative estimate of drug-likeness (QED) is 0.882. The molecular formula is C9H6BrFN4O2. The fraction of sp³-hybridized carbons (Fsp3) is 0. The van der Waals surface area contributed by atoms with Gasteiger partial charge in [0, 0.05) is 4.47 Å². The number of hydrogen-bond donors (Lipinski definition) is 2. The van der Waals surface area contributed by atoms with Crippen LogP contribution in [0.4, 0.5) is 15.9 Å². The molecule has 8 heteroatoms. The minimum absolute atomic E-state index is 0.130. The second-order valence-electron chi connectivity index (χ2n) is 3.08. The zero-order valence-corrected chi connectivity index (χ0v) is 9.86. The molecule has 0 saturated heterocycles. The van der Waals surface area contributed by atoms with Gasteiger partial charge in [0.15, 0.2) is 0 Å². The summed E-state index contributed by atoms with van der Waals surface area (Å²) in [5, 5.41) is 9.02. The van der Waals surface area contributed by atoms with Crippen molar-refractivity contribution in [2.24, 2.45) is 0 Å². The molecule has 0 bridgehead atoms. The van der Waals surface area contributed by atoms with Crippen LogP contribution in [0.15, 0.2) is 27.3 Å². The summed E-state index contributed by atoms with van der Waals surface area (Å²) in [6.45, 7) is 0. The fourth-order valence-electron chi connectivity index (χ4n) is 1.13. The molecule has 1 aromatic heterocycles. The summed E-state index contributed by atoms with van der Waals surface area (Å²) >= 11 is 3.17. The molecule has 0 fully saturated rings. The number of carbonyl (C=O) groups is 1. The highest BCUT2D eigenvalue weighted by atomic mass is 79.9. The third kappa shape index (κ3) is 2.41. The van der Waals surface area contributed by atoms with Gasteiger partial charge in [-0.15, -0.1) is 0 Å². The highest BCUT2D eigenvalue weighted by molar-refractivity contribution is 9.10. The maximum atomic E-state index is 13.0. The molecule has 3 N–H and O–H groups in total. The second kappa shape index (κ2) is 4.50. The minimum Gasteiger partial charge on any atom is -0.379 e. The smallest absolute Gasteiger partial charge is 0.281 e. The number of aromatic nitrogens is 2. The van der Waals surface area contributed by atoms with Crippen LogP contribution in [-0.2, 0) is 0 Å². The van der Waals surface area contributed by atoms with E-state index in [2.05, 4.69) is 36.2 Å². The number of rotatable bonds is 2. The van der Waals surface area contributed by atoms with E-state index < -0.39 is 11.7 Å². The number of nitrogens with one attached hydrogen (secondary N) is 1. The molecule has 0 aliphatic rings. The van der Waals surface area contributed by atoms with Gasteiger partial charge in [0.05, 0.1) is 5.69 Å². The first-order chi connectivity index (χ1) is 8.08. The predicted molar refractivity (Wildman–Crippen MR) is 60.8 cm³/mol. The van der Waals surface area contributed by atoms with Crippen molar-refractivity contribution in [2.45, 2.75) is 0 Å². The average Bonchev–Trinajstić information content (AvgIpc) is 2.70. The van der Waals surface area contributed by atoms with Crippen molar-refractivity contribution in [1.82, 2.24) is 10.3 Å². The first-order valence-electron chi connectivity index (χ1n) is 4.42. The third-order valence-corrected chi connectivity index (χ3v) is 2.60. The Kier molecular flexibility index (Phi) is 3.05. The lowest BCUT2D eigenvalue weighted by Gasteiger charge is -2.05. The van der Waals surface area contributed by atoms with E-state index in [1.807, 2.05) is 0 Å². The Morgan fingerprint density at radius 3 is 2.88 bits per heavy atom. The number of nitrogen functional groups attached to an aromatic ring is 1. The number of carbonyl (C=O) groups excluding carboxylic acids is 1. The topological polar surface area (TPSA) is 94.0 Å². The van der Waals surface area contributed by atoms with Crippen molar-refractivity contribution >= 4 is 33.3 Å². The molecule has 0 radical (unpaired) electrons. The Balaban J connectivity index is 2.24. The molecular weight excluding hydrogens is 295 g/mol. The van der Waals surface area contributed by atoms with E-state index in [1.165, 1.54) is 12.1 Å². The third-order valence-electron chi connectivity index (χ3n) is 1.91. The van der Waals surface area contributed by atoms with Crippen LogP contribution in [0.3, 0.4) is 0 Å². The van der Waals surface area contributed by atoms with Crippen molar-refractivity contribution < 1.29 is 13.8 Å². The summed E-state index contributed by atoms with van der Waals surface area (Å²) in [4.78, 5) is 11.7. The van der Waals surface area contributed by atoms with Gasteiger partial charge in [-0.25, -0.2) is 9.02 Å². The van der Waals surface area contributed by atoms with Crippen molar-refractivity contribution in [3.8, 4) is 0 Å². The van der Waals surface area contributed by atoms with Crippen LogP contribution < -0.4 is 11.1 Å². The molecule has 6 nitrogen and oxygen atoms in total. The standard InChI is InChI=1S/C9H6BrFN4O2/c10-5-2-1-4(11)3-6(5)13-9(16)7-8(12)15-17-14-7/h1-3H,(H2,12,15)(H,13,16). The van der Waals surface area contributed by atoms with E-state index in [0.29, 0.717) is 4.47 Å². The van der Waals surface area contributed by atoms with Crippen LogP contribution in [0.25, 0.3) is 0 Å². The van der Waals surface area contributed by atoms with Crippen LogP contribution in [-0.4, -0.2) is 16.2 Å². The van der Waals surface area contributed by atoms with Crippen LogP contribution in [0.5, 0.6) is 0 Å². The Hall–Kier alpha value is -1.96. The molecule has 0 saturated carbocycles. The fourth-order valence-corrected chi connectivity index (χ4v) is 1.47. The zero-order chi connectivity index (χ0) is 12.4. The van der Waals surface area contributed by atoms with Crippen molar-refractivity contribution in [2.75, 3.05) is 11.1 Å². The monoisotopic (exact) mass is 300 g/mol. The average molecular weight is 301 g/mol. The Bertz CT molecular complexity index is 572. The highest BCUT2D eigenvalue weighted by Gasteiger charge is 2.17. The lowest BCUT2D eigenvalue weighted by molar-refractivity contribution is 0.101. The van der Waals surface area contributed by atoms with Crippen molar-refractivity contribution in [1.29, 1.82) is 0 Å². The zero-order valence-electron chi connectivity index (χ0n) is 8.28. The minimum atomic E-state index is -0.630. The summed E-state index contributed by atoms with van der Waals surface area (Å²) < 4.78 is 17.8. The summed E-state index contributed by atoms with van der Waals surface area (Å²) in [6.07, 6.45) is 0. The van der Waals surface area contributed by atoms with Crippen molar-refractivity contribution in [3.63, 3.8) is 0 Å². The molecule has 88 valence electrons. The van der Waals surface area contributed by atoms with E-state index in [1.54, 1.807) is 0 Å². The maximum absolute atomic E-state index is 13.0. The largest absolute Gasteiger partial charge is 0.379 e. The Morgan fingerprint density at radius 1 is 1.47 bits per heavy atom. The first kappa shape index (κ1) is 11.5. The van der Waals surface area contributed by atoms with E-state index in [4.69, 9.17) is 5.73 Å². The molecule has 0 aliphatic carbocycles. The van der Waals surface area contributed by atoms with Gasteiger partial charge in [0.1, 0.15) is 5.82 Å². The van der Waals surface area contributed by atoms with Crippen LogP contribution in [0, 0.1) is 5.82 Å². The number of benzene rings is 1. The molecule has 2 rings (SSSR count). The SMILES string of the molecule is Nc1nonc1C(=O)Nc1cc(F)ccc1Br. The number of nitrogens with two attached hydrogens (primary N) is 1. The van der Waals surface area contributed by atoms with Crippen LogP contribution in [0.1, 0.15) is 10.5 Å². The number of amides is 1. The van der Waals surface area contributed by atoms with Gasteiger partial charge in [-0.3, -0.25) is 4.79 Å². The summed E-state index contributed by atoms with van der Waals surface area (Å²) in [7, 11) is 0. The molecule has 0 spiro atoms. The first-order valence-corrected chi connectivity index (χ1v) is 5.21. The molecule has 2 aromatic rings. The number of nitrogens with zero attached hydrogens (tertiary/aromatic N) is 2. The molecule has 0 unspecified atom stereocenters. The number of anilines is 2. The predicted octanol–water partition coefficient (Wildman–Crippen LogP) is 1.81. The van der Waals surface area contributed by atoms with Gasteiger partial charge in [-0.05, 0) is 44.4 Å². The van der Waals surface area contributed by atoms with E-state index in [9.17, 15) is 9.18 Å². The normalized spacial score (nSPS) is 10.2. The summed E-state index contributed by atoms with van der Waals surface area (Å²) in [6, 6.07) is 3.88. The molecule has 1 aromatic carbocycles. The van der Waals surface area contributed by atoms with E-state index in [0.717, 1.165) is 6.07 Å². The molecule has 1 heterocycles. The molecule has 17 heavy (non-hydrogen) atoms. The van der Waals surface area contributed by atoms with Crippen LogP contribution >= 0.6 is 15.9 Å². The highest BCUT2D eigenvalue weighted by Crippen LogP contribution is 2.23. The second-order valence-corrected chi connectivity index (χ2v) is 3.93. The van der Waals surface area contributed by atoms with Gasteiger partial charge < -0.3 is 11.1 Å². The van der Waals surface area contributed by atoms with Crippen LogP contribution in [0.2, 0.25) is 0 Å². The van der Waals surface area contributed by atoms with E-state index in [-0.39, 0.29) is 17.2 Å². The van der Waals surface area contributed by atoms with Gasteiger partial charge in [0.2, 0.25) is 11.5 Å². The van der Waals surface area contributed by atoms with Gasteiger partial charge in [-0.2, -0.15) is 0 Å². The van der Waals surface area contributed by atoms with Crippen molar-refractivity contribution in [3.05, 3.63) is 34.2 Å². The molecule has 1 amide bonds. The Morgan fingerprint density at radius 2 is 2.24 bits per heavy atom. The van der Waals surface area contributed by atoms with Gasteiger partial charge >= 0.3 is 0 Å². The lowest BCUT2D eigenvalue weighted by atomic mass is 10.3. The molecule has 0 atom stereocenters.